The third-order valence-corrected chi connectivity index (χ3v) is 6.02. The van der Waals surface area contributed by atoms with E-state index in [4.69, 9.17) is 0 Å². The minimum absolute atomic E-state index is 0.00376. The minimum Gasteiger partial charge on any atom is -0.224 e. The molecule has 0 saturated carbocycles. The zero-order valence-electron chi connectivity index (χ0n) is 12.9. The van der Waals surface area contributed by atoms with Crippen molar-refractivity contribution in [2.45, 2.75) is 22.6 Å². The van der Waals surface area contributed by atoms with Crippen LogP contribution in [0.2, 0.25) is 0 Å². The maximum absolute atomic E-state index is 12.3. The van der Waals surface area contributed by atoms with Crippen molar-refractivity contribution in [3.63, 3.8) is 0 Å². The van der Waals surface area contributed by atoms with Gasteiger partial charge in [-0.15, -0.1) is 0 Å². The summed E-state index contributed by atoms with van der Waals surface area (Å²) in [6, 6.07) is 14.9. The van der Waals surface area contributed by atoms with Gasteiger partial charge < -0.3 is 0 Å². The number of sulfonamides is 1. The highest BCUT2D eigenvalue weighted by atomic mass is 32.2. The van der Waals surface area contributed by atoms with Crippen molar-refractivity contribution in [1.82, 2.24) is 4.72 Å². The van der Waals surface area contributed by atoms with Gasteiger partial charge in [-0.25, -0.2) is 21.6 Å². The Bertz CT molecular complexity index is 875. The van der Waals surface area contributed by atoms with Gasteiger partial charge in [0.2, 0.25) is 10.0 Å². The van der Waals surface area contributed by atoms with Gasteiger partial charge in [-0.2, -0.15) is 0 Å². The van der Waals surface area contributed by atoms with Crippen molar-refractivity contribution in [2.24, 2.45) is 0 Å². The van der Waals surface area contributed by atoms with E-state index in [0.29, 0.717) is 0 Å². The SMILES string of the molecule is CC(CNS(=O)(=O)c1cccc(S(C)(=O)=O)c1)c1ccccc1. The lowest BCUT2D eigenvalue weighted by molar-refractivity contribution is 0.574. The van der Waals surface area contributed by atoms with Gasteiger partial charge in [0.25, 0.3) is 0 Å². The Labute approximate surface area is 137 Å². The molecule has 0 bridgehead atoms. The van der Waals surface area contributed by atoms with E-state index in [1.54, 1.807) is 0 Å². The molecule has 7 heteroatoms. The van der Waals surface area contributed by atoms with Crippen molar-refractivity contribution >= 4 is 19.9 Å². The van der Waals surface area contributed by atoms with Crippen molar-refractivity contribution in [3.8, 4) is 0 Å². The minimum atomic E-state index is -3.76. The Morgan fingerprint density at radius 3 is 2.13 bits per heavy atom. The van der Waals surface area contributed by atoms with E-state index < -0.39 is 19.9 Å². The number of nitrogens with one attached hydrogen (secondary N) is 1. The Morgan fingerprint density at radius 1 is 0.913 bits per heavy atom. The van der Waals surface area contributed by atoms with Gasteiger partial charge in [0, 0.05) is 12.8 Å². The fraction of sp³-hybridized carbons (Fsp3) is 0.250. The van der Waals surface area contributed by atoms with Crippen LogP contribution in [0.15, 0.2) is 64.4 Å². The van der Waals surface area contributed by atoms with E-state index in [-0.39, 0.29) is 22.3 Å². The average Bonchev–Trinajstić information content (AvgIpc) is 2.53. The molecule has 2 aromatic carbocycles. The van der Waals surface area contributed by atoms with E-state index >= 15 is 0 Å². The average molecular weight is 353 g/mol. The zero-order valence-corrected chi connectivity index (χ0v) is 14.6. The first-order chi connectivity index (χ1) is 10.7. The van der Waals surface area contributed by atoms with E-state index in [1.165, 1.54) is 24.3 Å². The molecule has 0 aliphatic carbocycles. The number of hydrogen-bond acceptors (Lipinski definition) is 4. The topological polar surface area (TPSA) is 80.3 Å². The molecule has 0 saturated heterocycles. The summed E-state index contributed by atoms with van der Waals surface area (Å²) in [7, 11) is -7.21. The van der Waals surface area contributed by atoms with Gasteiger partial charge in [0.15, 0.2) is 9.84 Å². The van der Waals surface area contributed by atoms with Gasteiger partial charge in [-0.05, 0) is 29.7 Å². The number of hydrogen-bond donors (Lipinski definition) is 1. The summed E-state index contributed by atoms with van der Waals surface area (Å²) in [6.07, 6.45) is 1.05. The lowest BCUT2D eigenvalue weighted by Crippen LogP contribution is -2.27. The van der Waals surface area contributed by atoms with Crippen LogP contribution in [0, 0.1) is 0 Å². The molecule has 0 aliphatic rings. The molecule has 124 valence electrons. The Hall–Kier alpha value is -1.70. The molecular weight excluding hydrogens is 334 g/mol. The van der Waals surface area contributed by atoms with Crippen LogP contribution in [0.1, 0.15) is 18.4 Å². The molecule has 0 heterocycles. The largest absolute Gasteiger partial charge is 0.240 e. The van der Waals surface area contributed by atoms with Gasteiger partial charge in [-0.1, -0.05) is 43.3 Å². The van der Waals surface area contributed by atoms with Crippen LogP contribution in [0.3, 0.4) is 0 Å². The molecule has 0 aliphatic heterocycles. The smallest absolute Gasteiger partial charge is 0.224 e. The van der Waals surface area contributed by atoms with Crippen LogP contribution in [0.25, 0.3) is 0 Å². The number of rotatable bonds is 6. The highest BCUT2D eigenvalue weighted by Gasteiger charge is 2.18. The summed E-state index contributed by atoms with van der Waals surface area (Å²) >= 11 is 0. The molecule has 0 radical (unpaired) electrons. The molecule has 1 unspecified atom stereocenters. The maximum Gasteiger partial charge on any atom is 0.240 e. The van der Waals surface area contributed by atoms with Crippen LogP contribution in [-0.2, 0) is 19.9 Å². The van der Waals surface area contributed by atoms with Crippen molar-refractivity contribution in [3.05, 3.63) is 60.2 Å². The Kier molecular flexibility index (Phi) is 5.23. The predicted octanol–water partition coefficient (Wildman–Crippen LogP) is 2.17. The van der Waals surface area contributed by atoms with E-state index in [2.05, 4.69) is 4.72 Å². The van der Waals surface area contributed by atoms with Crippen molar-refractivity contribution in [1.29, 1.82) is 0 Å². The molecule has 0 fully saturated rings. The molecule has 5 nitrogen and oxygen atoms in total. The second-order valence-corrected chi connectivity index (χ2v) is 9.19. The number of benzene rings is 2. The van der Waals surface area contributed by atoms with Crippen LogP contribution in [0.4, 0.5) is 0 Å². The van der Waals surface area contributed by atoms with Gasteiger partial charge in [0.1, 0.15) is 0 Å². The zero-order chi connectivity index (χ0) is 17.1. The normalized spacial score (nSPS) is 13.7. The highest BCUT2D eigenvalue weighted by Crippen LogP contribution is 2.17. The lowest BCUT2D eigenvalue weighted by Gasteiger charge is -2.13. The van der Waals surface area contributed by atoms with Crippen LogP contribution in [-0.4, -0.2) is 29.6 Å². The first-order valence-electron chi connectivity index (χ1n) is 7.05. The molecule has 2 rings (SSSR count). The maximum atomic E-state index is 12.3. The highest BCUT2D eigenvalue weighted by molar-refractivity contribution is 7.91. The Morgan fingerprint density at radius 2 is 1.52 bits per heavy atom. The second-order valence-electron chi connectivity index (χ2n) is 5.41. The summed E-state index contributed by atoms with van der Waals surface area (Å²) in [5, 5.41) is 0. The van der Waals surface area contributed by atoms with E-state index in [1.807, 2.05) is 37.3 Å². The molecule has 0 aromatic heterocycles. The summed E-state index contributed by atoms with van der Waals surface area (Å²) < 4.78 is 50.3. The fourth-order valence-electron chi connectivity index (χ4n) is 2.09. The molecule has 2 aromatic rings. The van der Waals surface area contributed by atoms with Crippen LogP contribution in [0.5, 0.6) is 0 Å². The second kappa shape index (κ2) is 6.82. The summed E-state index contributed by atoms with van der Waals surface area (Å²) in [5.41, 5.74) is 1.03. The van der Waals surface area contributed by atoms with Gasteiger partial charge >= 0.3 is 0 Å². The third-order valence-electron chi connectivity index (χ3n) is 3.49. The van der Waals surface area contributed by atoms with Crippen molar-refractivity contribution in [2.75, 3.05) is 12.8 Å². The predicted molar refractivity (Wildman–Crippen MR) is 89.6 cm³/mol. The quantitative estimate of drug-likeness (QED) is 0.863. The fourth-order valence-corrected chi connectivity index (χ4v) is 4.01. The molecule has 1 atom stereocenters. The van der Waals surface area contributed by atoms with E-state index in [0.717, 1.165) is 11.8 Å². The first-order valence-corrected chi connectivity index (χ1v) is 10.4. The summed E-state index contributed by atoms with van der Waals surface area (Å²) in [4.78, 5) is -0.0721. The van der Waals surface area contributed by atoms with Crippen LogP contribution < -0.4 is 4.72 Å². The monoisotopic (exact) mass is 353 g/mol. The lowest BCUT2D eigenvalue weighted by atomic mass is 10.0. The Balaban J connectivity index is 2.17. The summed E-state index contributed by atoms with van der Waals surface area (Å²) in [5.74, 6) is 0.00376. The summed E-state index contributed by atoms with van der Waals surface area (Å²) in [6.45, 7) is 2.15. The van der Waals surface area contributed by atoms with Gasteiger partial charge in [-0.3, -0.25) is 0 Å². The van der Waals surface area contributed by atoms with Gasteiger partial charge in [0.05, 0.1) is 9.79 Å². The molecular formula is C16H19NO4S2. The molecule has 0 spiro atoms. The third kappa shape index (κ3) is 4.63. The standard InChI is InChI=1S/C16H19NO4S2/c1-13(14-7-4-3-5-8-14)12-17-23(20,21)16-10-6-9-15(11-16)22(2,18)19/h3-11,13,17H,12H2,1-2H3. The van der Waals surface area contributed by atoms with Crippen LogP contribution >= 0.6 is 0 Å². The van der Waals surface area contributed by atoms with E-state index in [9.17, 15) is 16.8 Å². The molecule has 23 heavy (non-hydrogen) atoms. The van der Waals surface area contributed by atoms with Crippen molar-refractivity contribution < 1.29 is 16.8 Å². The first kappa shape index (κ1) is 17.7. The number of sulfone groups is 1. The molecule has 0 amide bonds. The molecule has 1 N–H and O–H groups in total.